The molecule has 5 nitrogen and oxygen atoms in total. The van der Waals surface area contributed by atoms with E-state index in [0.717, 1.165) is 37.8 Å². The molecule has 1 rings (SSSR count). The first-order valence-corrected chi connectivity index (χ1v) is 7.93. The highest BCUT2D eigenvalue weighted by Gasteiger charge is 2.00. The molecule has 2 N–H and O–H groups in total. The summed E-state index contributed by atoms with van der Waals surface area (Å²) in [6, 6.07) is 8.24. The van der Waals surface area contributed by atoms with Gasteiger partial charge in [-0.25, -0.2) is 0 Å². The van der Waals surface area contributed by atoms with Crippen molar-refractivity contribution in [1.82, 2.24) is 10.6 Å². The second-order valence-corrected chi connectivity index (χ2v) is 5.18. The van der Waals surface area contributed by atoms with Crippen LogP contribution < -0.4 is 15.4 Å². The maximum absolute atomic E-state index is 5.64. The largest absolute Gasteiger partial charge is 0.491 e. The number of benzene rings is 1. The van der Waals surface area contributed by atoms with Crippen LogP contribution in [-0.4, -0.2) is 45.4 Å². The van der Waals surface area contributed by atoms with E-state index in [2.05, 4.69) is 27.8 Å². The van der Waals surface area contributed by atoms with E-state index in [1.807, 2.05) is 32.9 Å². The molecule has 0 fully saturated rings. The Labute approximate surface area is 134 Å². The first-order valence-electron chi connectivity index (χ1n) is 7.93. The zero-order chi connectivity index (χ0) is 16.2. The van der Waals surface area contributed by atoms with Crippen LogP contribution in [0.3, 0.4) is 0 Å². The van der Waals surface area contributed by atoms with Crippen LogP contribution in [0.25, 0.3) is 0 Å². The van der Waals surface area contributed by atoms with E-state index in [-0.39, 0.29) is 6.10 Å². The summed E-state index contributed by atoms with van der Waals surface area (Å²) in [6.45, 7) is 9.07. The molecule has 22 heavy (non-hydrogen) atoms. The van der Waals surface area contributed by atoms with E-state index >= 15 is 0 Å². The third-order valence-electron chi connectivity index (χ3n) is 2.97. The monoisotopic (exact) mass is 307 g/mol. The molecule has 0 saturated carbocycles. The van der Waals surface area contributed by atoms with Gasteiger partial charge in [0.2, 0.25) is 0 Å². The number of hydrogen-bond acceptors (Lipinski definition) is 3. The normalized spacial score (nSPS) is 11.6. The smallest absolute Gasteiger partial charge is 0.191 e. The molecule has 1 aromatic rings. The second kappa shape index (κ2) is 10.9. The third-order valence-corrected chi connectivity index (χ3v) is 2.97. The van der Waals surface area contributed by atoms with Gasteiger partial charge < -0.3 is 20.1 Å². The summed E-state index contributed by atoms with van der Waals surface area (Å²) in [5.41, 5.74) is 1.27. The number of aliphatic imine (C=N–C) groups is 1. The minimum absolute atomic E-state index is 0.207. The lowest BCUT2D eigenvalue weighted by molar-refractivity contribution is 0.152. The van der Waals surface area contributed by atoms with Crippen molar-refractivity contribution >= 4 is 5.96 Å². The van der Waals surface area contributed by atoms with Gasteiger partial charge in [0.25, 0.3) is 0 Å². The summed E-state index contributed by atoms with van der Waals surface area (Å²) in [6.07, 6.45) is 1.15. The van der Waals surface area contributed by atoms with E-state index in [0.29, 0.717) is 6.61 Å². The molecule has 0 aliphatic rings. The van der Waals surface area contributed by atoms with Crippen LogP contribution in [0.15, 0.2) is 29.3 Å². The molecule has 0 atom stereocenters. The third kappa shape index (κ3) is 7.88. The Morgan fingerprint density at radius 2 is 1.82 bits per heavy atom. The fourth-order valence-electron chi connectivity index (χ4n) is 1.94. The number of nitrogens with zero attached hydrogens (tertiary/aromatic N) is 1. The predicted molar refractivity (Wildman–Crippen MR) is 91.8 cm³/mol. The van der Waals surface area contributed by atoms with E-state index in [1.54, 1.807) is 7.05 Å². The summed E-state index contributed by atoms with van der Waals surface area (Å²) < 4.78 is 10.9. The molecule has 124 valence electrons. The molecule has 0 radical (unpaired) electrons. The lowest BCUT2D eigenvalue weighted by atomic mass is 10.1. The Morgan fingerprint density at radius 3 is 2.41 bits per heavy atom. The Kier molecular flexibility index (Phi) is 9.07. The summed E-state index contributed by atoms with van der Waals surface area (Å²) in [4.78, 5) is 4.18. The molecule has 0 bridgehead atoms. The minimum Gasteiger partial charge on any atom is -0.491 e. The number of nitrogens with one attached hydrogen (secondary N) is 2. The van der Waals surface area contributed by atoms with Gasteiger partial charge in [0.1, 0.15) is 5.75 Å². The van der Waals surface area contributed by atoms with Crippen LogP contribution in [0.1, 0.15) is 26.3 Å². The van der Waals surface area contributed by atoms with Crippen molar-refractivity contribution in [2.24, 2.45) is 4.99 Å². The standard InChI is InChI=1S/C17H29N3O2/c1-5-21-13-12-20-17(18-4)19-11-10-15-6-8-16(9-7-15)22-14(2)3/h6-9,14H,5,10-13H2,1-4H3,(H2,18,19,20). The van der Waals surface area contributed by atoms with Crippen LogP contribution in [0.4, 0.5) is 0 Å². The first kappa shape index (κ1) is 18.3. The first-order chi connectivity index (χ1) is 10.7. The molecule has 0 heterocycles. The SMILES string of the molecule is CCOCCNC(=NC)NCCc1ccc(OC(C)C)cc1. The Balaban J connectivity index is 2.27. The molecular formula is C17H29N3O2. The maximum atomic E-state index is 5.64. The zero-order valence-electron chi connectivity index (χ0n) is 14.2. The lowest BCUT2D eigenvalue weighted by Crippen LogP contribution is -2.39. The highest BCUT2D eigenvalue weighted by molar-refractivity contribution is 5.79. The van der Waals surface area contributed by atoms with Gasteiger partial charge in [-0.2, -0.15) is 0 Å². The van der Waals surface area contributed by atoms with Gasteiger partial charge in [-0.05, 0) is 44.9 Å². The minimum atomic E-state index is 0.207. The summed E-state index contributed by atoms with van der Waals surface area (Å²) in [5.74, 6) is 1.72. The average molecular weight is 307 g/mol. The molecule has 0 unspecified atom stereocenters. The van der Waals surface area contributed by atoms with Gasteiger partial charge in [0, 0.05) is 26.7 Å². The van der Waals surface area contributed by atoms with Crippen LogP contribution in [-0.2, 0) is 11.2 Å². The quantitative estimate of drug-likeness (QED) is 0.417. The van der Waals surface area contributed by atoms with Crippen molar-refractivity contribution in [2.45, 2.75) is 33.3 Å². The van der Waals surface area contributed by atoms with Crippen molar-refractivity contribution in [1.29, 1.82) is 0 Å². The highest BCUT2D eigenvalue weighted by atomic mass is 16.5. The second-order valence-electron chi connectivity index (χ2n) is 5.18. The van der Waals surface area contributed by atoms with Gasteiger partial charge in [-0.15, -0.1) is 0 Å². The molecule has 0 aliphatic heterocycles. The predicted octanol–water partition coefficient (Wildman–Crippen LogP) is 2.22. The van der Waals surface area contributed by atoms with Crippen molar-refractivity contribution in [3.8, 4) is 5.75 Å². The molecule has 0 spiro atoms. The van der Waals surface area contributed by atoms with Gasteiger partial charge >= 0.3 is 0 Å². The Bertz CT molecular complexity index is 430. The molecule has 0 saturated heterocycles. The van der Waals surface area contributed by atoms with Gasteiger partial charge in [-0.1, -0.05) is 12.1 Å². The number of rotatable bonds is 9. The zero-order valence-corrected chi connectivity index (χ0v) is 14.2. The van der Waals surface area contributed by atoms with E-state index in [4.69, 9.17) is 9.47 Å². The number of hydrogen-bond donors (Lipinski definition) is 2. The van der Waals surface area contributed by atoms with Crippen molar-refractivity contribution < 1.29 is 9.47 Å². The Morgan fingerprint density at radius 1 is 1.14 bits per heavy atom. The van der Waals surface area contributed by atoms with E-state index in [9.17, 15) is 0 Å². The summed E-state index contributed by atoms with van der Waals surface area (Å²) in [5, 5.41) is 6.51. The molecule has 1 aromatic carbocycles. The van der Waals surface area contributed by atoms with Crippen molar-refractivity contribution in [2.75, 3.05) is 33.4 Å². The van der Waals surface area contributed by atoms with E-state index < -0.39 is 0 Å². The average Bonchev–Trinajstić information content (AvgIpc) is 2.51. The summed E-state index contributed by atoms with van der Waals surface area (Å²) in [7, 11) is 1.77. The van der Waals surface area contributed by atoms with E-state index in [1.165, 1.54) is 5.56 Å². The molecule has 0 amide bonds. The summed E-state index contributed by atoms with van der Waals surface area (Å²) >= 11 is 0. The molecular weight excluding hydrogens is 278 g/mol. The number of ether oxygens (including phenoxy) is 2. The Hall–Kier alpha value is -1.75. The topological polar surface area (TPSA) is 54.9 Å². The maximum Gasteiger partial charge on any atom is 0.191 e. The van der Waals surface area contributed by atoms with Crippen molar-refractivity contribution in [3.63, 3.8) is 0 Å². The van der Waals surface area contributed by atoms with Crippen molar-refractivity contribution in [3.05, 3.63) is 29.8 Å². The van der Waals surface area contributed by atoms with Gasteiger partial charge in [-0.3, -0.25) is 4.99 Å². The molecule has 0 aliphatic carbocycles. The lowest BCUT2D eigenvalue weighted by Gasteiger charge is -2.12. The van der Waals surface area contributed by atoms with Crippen LogP contribution in [0.5, 0.6) is 5.75 Å². The highest BCUT2D eigenvalue weighted by Crippen LogP contribution is 2.13. The fraction of sp³-hybridized carbons (Fsp3) is 0.588. The molecule has 5 heteroatoms. The van der Waals surface area contributed by atoms with Gasteiger partial charge in [0.15, 0.2) is 5.96 Å². The number of guanidine groups is 1. The van der Waals surface area contributed by atoms with Gasteiger partial charge in [0.05, 0.1) is 12.7 Å². The molecule has 0 aromatic heterocycles. The van der Waals surface area contributed by atoms with Crippen LogP contribution in [0.2, 0.25) is 0 Å². The van der Waals surface area contributed by atoms with Crippen LogP contribution in [0, 0.1) is 0 Å². The van der Waals surface area contributed by atoms with Crippen LogP contribution >= 0.6 is 0 Å². The fourth-order valence-corrected chi connectivity index (χ4v) is 1.94.